The lowest BCUT2D eigenvalue weighted by molar-refractivity contribution is -0.121. The molecule has 0 atom stereocenters. The van der Waals surface area contributed by atoms with Crippen LogP contribution in [0.3, 0.4) is 0 Å². The lowest BCUT2D eigenvalue weighted by Gasteiger charge is -2.18. The zero-order valence-corrected chi connectivity index (χ0v) is 12.6. The van der Waals surface area contributed by atoms with E-state index in [1.54, 1.807) is 4.90 Å². The van der Waals surface area contributed by atoms with Crippen molar-refractivity contribution in [3.63, 3.8) is 0 Å². The van der Waals surface area contributed by atoms with Crippen LogP contribution in [0.15, 0.2) is 23.1 Å². The zero-order valence-electron chi connectivity index (χ0n) is 10.9. The summed E-state index contributed by atoms with van der Waals surface area (Å²) in [5.74, 6) is 1.43. The molecule has 2 heterocycles. The Morgan fingerprint density at radius 3 is 2.80 bits per heavy atom. The minimum Gasteiger partial charge on any atom is -0.486 e. The average molecular weight is 307 g/mol. The number of carbonyl (C=O) groups is 1. The van der Waals surface area contributed by atoms with Gasteiger partial charge in [0.15, 0.2) is 11.5 Å². The van der Waals surface area contributed by atoms with Gasteiger partial charge in [0.05, 0.1) is 4.91 Å². The van der Waals surface area contributed by atoms with Gasteiger partial charge in [-0.1, -0.05) is 30.0 Å². The maximum atomic E-state index is 12.1. The van der Waals surface area contributed by atoms with E-state index in [1.165, 1.54) is 11.8 Å². The van der Waals surface area contributed by atoms with Gasteiger partial charge in [-0.15, -0.1) is 0 Å². The van der Waals surface area contributed by atoms with Gasteiger partial charge in [0.2, 0.25) is 0 Å². The summed E-state index contributed by atoms with van der Waals surface area (Å²) in [5.41, 5.74) is 0.908. The summed E-state index contributed by atoms with van der Waals surface area (Å²) in [4.78, 5) is 14.4. The van der Waals surface area contributed by atoms with Crippen molar-refractivity contribution in [2.24, 2.45) is 0 Å². The fourth-order valence-electron chi connectivity index (χ4n) is 2.07. The Morgan fingerprint density at radius 1 is 1.35 bits per heavy atom. The normalized spacial score (nSPS) is 19.9. The lowest BCUT2D eigenvalue weighted by Crippen LogP contribution is -2.27. The molecule has 2 aliphatic heterocycles. The van der Waals surface area contributed by atoms with Gasteiger partial charge in [0.25, 0.3) is 5.91 Å². The molecule has 0 N–H and O–H groups in total. The summed E-state index contributed by atoms with van der Waals surface area (Å²) in [6.07, 6.45) is 1.84. The van der Waals surface area contributed by atoms with E-state index in [4.69, 9.17) is 21.7 Å². The topological polar surface area (TPSA) is 38.8 Å². The van der Waals surface area contributed by atoms with Gasteiger partial charge in [0, 0.05) is 6.54 Å². The first kappa shape index (κ1) is 13.5. The number of hydrogen-bond donors (Lipinski definition) is 0. The molecule has 0 radical (unpaired) electrons. The van der Waals surface area contributed by atoms with Gasteiger partial charge < -0.3 is 9.47 Å². The Labute approximate surface area is 126 Å². The maximum absolute atomic E-state index is 12.1. The van der Waals surface area contributed by atoms with E-state index in [1.807, 2.05) is 31.2 Å². The van der Waals surface area contributed by atoms with Crippen LogP contribution in [0.4, 0.5) is 0 Å². The predicted molar refractivity (Wildman–Crippen MR) is 83.0 cm³/mol. The molecule has 1 aromatic rings. The van der Waals surface area contributed by atoms with E-state index in [-0.39, 0.29) is 5.91 Å². The monoisotopic (exact) mass is 307 g/mol. The van der Waals surface area contributed by atoms with Crippen molar-refractivity contribution in [1.82, 2.24) is 4.90 Å². The Kier molecular flexibility index (Phi) is 3.67. The van der Waals surface area contributed by atoms with Crippen molar-refractivity contribution in [2.45, 2.75) is 6.92 Å². The fraction of sp³-hybridized carbons (Fsp3) is 0.286. The molecule has 0 unspecified atom stereocenters. The number of thiocarbonyl (C=S) groups is 1. The highest BCUT2D eigenvalue weighted by Crippen LogP contribution is 2.35. The molecule has 20 heavy (non-hydrogen) atoms. The maximum Gasteiger partial charge on any atom is 0.266 e. The van der Waals surface area contributed by atoms with Crippen LogP contribution >= 0.6 is 24.0 Å². The van der Waals surface area contributed by atoms with Gasteiger partial charge >= 0.3 is 0 Å². The molecule has 3 rings (SSSR count). The molecule has 0 bridgehead atoms. The number of likely N-dealkylation sites (N-methyl/N-ethyl adjacent to an activating group) is 1. The predicted octanol–water partition coefficient (Wildman–Crippen LogP) is 2.68. The van der Waals surface area contributed by atoms with Crippen molar-refractivity contribution in [3.8, 4) is 11.5 Å². The number of benzene rings is 1. The third kappa shape index (κ3) is 2.41. The Balaban J connectivity index is 1.89. The van der Waals surface area contributed by atoms with Crippen LogP contribution in [0, 0.1) is 0 Å². The Hall–Kier alpha value is -1.53. The minimum atomic E-state index is -0.0302. The van der Waals surface area contributed by atoms with Crippen LogP contribution in [0.5, 0.6) is 11.5 Å². The van der Waals surface area contributed by atoms with Crippen molar-refractivity contribution in [3.05, 3.63) is 28.7 Å². The van der Waals surface area contributed by atoms with Crippen LogP contribution in [0.1, 0.15) is 12.5 Å². The zero-order chi connectivity index (χ0) is 14.1. The first-order valence-electron chi connectivity index (χ1n) is 6.34. The van der Waals surface area contributed by atoms with E-state index < -0.39 is 0 Å². The smallest absolute Gasteiger partial charge is 0.266 e. The molecule has 104 valence electrons. The molecule has 4 nitrogen and oxygen atoms in total. The molecule has 1 saturated heterocycles. The molecule has 1 amide bonds. The highest BCUT2D eigenvalue weighted by molar-refractivity contribution is 8.26. The van der Waals surface area contributed by atoms with Crippen LogP contribution in [-0.4, -0.2) is 34.9 Å². The highest BCUT2D eigenvalue weighted by Gasteiger charge is 2.30. The van der Waals surface area contributed by atoms with E-state index in [2.05, 4.69) is 0 Å². The summed E-state index contributed by atoms with van der Waals surface area (Å²) < 4.78 is 11.6. The number of amides is 1. The number of hydrogen-bond acceptors (Lipinski definition) is 5. The first-order valence-corrected chi connectivity index (χ1v) is 7.56. The van der Waals surface area contributed by atoms with E-state index in [9.17, 15) is 4.79 Å². The second-order valence-corrected chi connectivity index (χ2v) is 6.00. The Morgan fingerprint density at radius 2 is 2.10 bits per heavy atom. The Bertz CT molecular complexity index is 612. The van der Waals surface area contributed by atoms with Crippen molar-refractivity contribution < 1.29 is 14.3 Å². The van der Waals surface area contributed by atoms with Gasteiger partial charge in [-0.3, -0.25) is 9.69 Å². The number of rotatable bonds is 2. The second kappa shape index (κ2) is 5.46. The number of thioether (sulfide) groups is 1. The first-order chi connectivity index (χ1) is 9.69. The highest BCUT2D eigenvalue weighted by atomic mass is 32.2. The summed E-state index contributed by atoms with van der Waals surface area (Å²) in [7, 11) is 0. The molecule has 6 heteroatoms. The van der Waals surface area contributed by atoms with Crippen LogP contribution in [-0.2, 0) is 4.79 Å². The van der Waals surface area contributed by atoms with Gasteiger partial charge in [0.1, 0.15) is 17.5 Å². The van der Waals surface area contributed by atoms with Crippen molar-refractivity contribution >= 4 is 40.3 Å². The van der Waals surface area contributed by atoms with Crippen LogP contribution in [0.25, 0.3) is 6.08 Å². The van der Waals surface area contributed by atoms with Crippen LogP contribution < -0.4 is 9.47 Å². The third-order valence-corrected chi connectivity index (χ3v) is 4.43. The van der Waals surface area contributed by atoms with E-state index in [0.29, 0.717) is 29.0 Å². The number of ether oxygens (including phenoxy) is 2. The van der Waals surface area contributed by atoms with Crippen molar-refractivity contribution in [1.29, 1.82) is 0 Å². The molecule has 0 spiro atoms. The molecule has 1 fully saturated rings. The van der Waals surface area contributed by atoms with Gasteiger partial charge in [-0.05, 0) is 30.7 Å². The molecular weight excluding hydrogens is 294 g/mol. The molecule has 0 aliphatic carbocycles. The largest absolute Gasteiger partial charge is 0.486 e. The molecular formula is C14H13NO3S2. The molecule has 0 aromatic heterocycles. The minimum absolute atomic E-state index is 0.0302. The molecule has 1 aromatic carbocycles. The standard InChI is InChI=1S/C14H13NO3S2/c1-2-15-13(16)12(20-14(15)19)8-9-3-4-10-11(7-9)18-6-5-17-10/h3-4,7-8H,2,5-6H2,1H3/b12-8-. The van der Waals surface area contributed by atoms with Gasteiger partial charge in [-0.2, -0.15) is 0 Å². The van der Waals surface area contributed by atoms with Gasteiger partial charge in [-0.25, -0.2) is 0 Å². The quantitative estimate of drug-likeness (QED) is 0.620. The summed E-state index contributed by atoms with van der Waals surface area (Å²) in [5, 5.41) is 0. The average Bonchev–Trinajstić information content (AvgIpc) is 2.73. The third-order valence-electron chi connectivity index (χ3n) is 3.05. The molecule has 2 aliphatic rings. The second-order valence-electron chi connectivity index (χ2n) is 4.33. The van der Waals surface area contributed by atoms with Crippen LogP contribution in [0.2, 0.25) is 0 Å². The molecule has 0 saturated carbocycles. The SMILES string of the molecule is CCN1C(=O)/C(=C/c2ccc3c(c2)OCCO3)SC1=S. The summed E-state index contributed by atoms with van der Waals surface area (Å²) in [6, 6.07) is 5.65. The lowest BCUT2D eigenvalue weighted by atomic mass is 10.1. The number of fused-ring (bicyclic) bond motifs is 1. The number of carbonyl (C=O) groups excluding carboxylic acids is 1. The van der Waals surface area contributed by atoms with E-state index in [0.717, 1.165) is 17.1 Å². The fourth-order valence-corrected chi connectivity index (χ4v) is 3.46. The van der Waals surface area contributed by atoms with E-state index >= 15 is 0 Å². The summed E-state index contributed by atoms with van der Waals surface area (Å²) >= 11 is 6.53. The number of nitrogens with zero attached hydrogens (tertiary/aromatic N) is 1. The summed E-state index contributed by atoms with van der Waals surface area (Å²) in [6.45, 7) is 3.64. The van der Waals surface area contributed by atoms with Crippen molar-refractivity contribution in [2.75, 3.05) is 19.8 Å².